The van der Waals surface area contributed by atoms with Gasteiger partial charge in [0.25, 0.3) is 0 Å². The quantitative estimate of drug-likeness (QED) is 0.471. The van der Waals surface area contributed by atoms with Gasteiger partial charge in [-0.3, -0.25) is 0 Å². The first-order valence-corrected chi connectivity index (χ1v) is 11.1. The number of nitrogens with zero attached hydrogens (tertiary/aromatic N) is 3. The van der Waals surface area contributed by atoms with Crippen molar-refractivity contribution >= 4 is 28.1 Å². The summed E-state index contributed by atoms with van der Waals surface area (Å²) in [7, 11) is 3.30. The lowest BCUT2D eigenvalue weighted by Crippen LogP contribution is -2.18. The zero-order valence-corrected chi connectivity index (χ0v) is 19.3. The Bertz CT molecular complexity index is 1120. The number of aromatic nitrogens is 1. The molecular formula is C24H25N3O4S. The normalized spacial score (nSPS) is 15.4. The van der Waals surface area contributed by atoms with E-state index >= 15 is 0 Å². The first-order chi connectivity index (χ1) is 15.5. The molecule has 1 aliphatic heterocycles. The van der Waals surface area contributed by atoms with Crippen LogP contribution in [0.4, 0.5) is 5.13 Å². The molecule has 0 fully saturated rings. The zero-order valence-electron chi connectivity index (χ0n) is 18.5. The SMILES string of the molecule is CCOC(=O)c1sc(N2N=C(c3ccc(OC)cc3)C[C@@H]2c2ccc(OC)cc2)nc1C. The molecule has 4 rings (SSSR count). The van der Waals surface area contributed by atoms with Crippen molar-refractivity contribution in [2.24, 2.45) is 5.10 Å². The lowest BCUT2D eigenvalue weighted by molar-refractivity contribution is 0.0531. The van der Waals surface area contributed by atoms with Gasteiger partial charge >= 0.3 is 5.97 Å². The standard InChI is InChI=1S/C24H25N3O4S/c1-5-31-23(28)22-15(2)25-24(32-22)27-21(17-8-12-19(30-4)13-9-17)14-20(26-27)16-6-10-18(29-3)11-7-16/h6-13,21H,5,14H2,1-4H3/t21-/m1/s1. The van der Waals surface area contributed by atoms with Crippen LogP contribution >= 0.6 is 11.3 Å². The third kappa shape index (κ3) is 4.31. The van der Waals surface area contributed by atoms with E-state index in [1.807, 2.05) is 60.5 Å². The van der Waals surface area contributed by atoms with Gasteiger partial charge in [0.2, 0.25) is 5.13 Å². The predicted molar refractivity (Wildman–Crippen MR) is 125 cm³/mol. The highest BCUT2D eigenvalue weighted by Crippen LogP contribution is 2.40. The molecule has 1 atom stereocenters. The number of methoxy groups -OCH3 is 2. The van der Waals surface area contributed by atoms with Crippen molar-refractivity contribution in [2.45, 2.75) is 26.3 Å². The van der Waals surface area contributed by atoms with E-state index in [4.69, 9.17) is 19.3 Å². The molecule has 0 saturated carbocycles. The topological polar surface area (TPSA) is 73.2 Å². The predicted octanol–water partition coefficient (Wildman–Crippen LogP) is 5.00. The fraction of sp³-hybridized carbons (Fsp3) is 0.292. The molecular weight excluding hydrogens is 426 g/mol. The number of aryl methyl sites for hydroxylation is 1. The molecule has 8 heteroatoms. The smallest absolute Gasteiger partial charge is 0.350 e. The first kappa shape index (κ1) is 21.8. The van der Waals surface area contributed by atoms with Gasteiger partial charge in [0, 0.05) is 6.42 Å². The number of anilines is 1. The van der Waals surface area contributed by atoms with E-state index in [0.717, 1.165) is 28.3 Å². The Balaban J connectivity index is 1.72. The maximum atomic E-state index is 12.3. The van der Waals surface area contributed by atoms with Gasteiger partial charge in [-0.15, -0.1) is 0 Å². The summed E-state index contributed by atoms with van der Waals surface area (Å²) in [4.78, 5) is 17.5. The first-order valence-electron chi connectivity index (χ1n) is 10.3. The van der Waals surface area contributed by atoms with Gasteiger partial charge in [0.05, 0.1) is 38.3 Å². The van der Waals surface area contributed by atoms with E-state index in [1.165, 1.54) is 11.3 Å². The molecule has 32 heavy (non-hydrogen) atoms. The largest absolute Gasteiger partial charge is 0.497 e. The van der Waals surface area contributed by atoms with Gasteiger partial charge < -0.3 is 14.2 Å². The zero-order chi connectivity index (χ0) is 22.7. The van der Waals surface area contributed by atoms with Crippen molar-refractivity contribution in [3.8, 4) is 11.5 Å². The van der Waals surface area contributed by atoms with E-state index in [2.05, 4.69) is 4.98 Å². The van der Waals surface area contributed by atoms with Gasteiger partial charge in [-0.05, 0) is 61.4 Å². The molecule has 166 valence electrons. The Morgan fingerprint density at radius 3 is 2.28 bits per heavy atom. The number of thiazole rings is 1. The average Bonchev–Trinajstić information content (AvgIpc) is 3.43. The number of esters is 1. The van der Waals surface area contributed by atoms with Gasteiger partial charge in [-0.25, -0.2) is 14.8 Å². The van der Waals surface area contributed by atoms with Crippen molar-refractivity contribution in [3.05, 3.63) is 70.2 Å². The summed E-state index contributed by atoms with van der Waals surface area (Å²) in [5.74, 6) is 1.24. The highest BCUT2D eigenvalue weighted by atomic mass is 32.1. The second-order valence-electron chi connectivity index (χ2n) is 7.24. The molecule has 7 nitrogen and oxygen atoms in total. The molecule has 0 radical (unpaired) electrons. The van der Waals surface area contributed by atoms with Crippen LogP contribution in [-0.2, 0) is 4.74 Å². The Morgan fingerprint density at radius 1 is 1.06 bits per heavy atom. The molecule has 0 N–H and O–H groups in total. The van der Waals surface area contributed by atoms with E-state index < -0.39 is 0 Å². The van der Waals surface area contributed by atoms with Crippen LogP contribution in [0.2, 0.25) is 0 Å². The van der Waals surface area contributed by atoms with Crippen molar-refractivity contribution in [3.63, 3.8) is 0 Å². The van der Waals surface area contributed by atoms with Crippen molar-refractivity contribution < 1.29 is 19.0 Å². The third-order valence-electron chi connectivity index (χ3n) is 5.28. The van der Waals surface area contributed by atoms with Crippen LogP contribution in [0.1, 0.15) is 45.9 Å². The highest BCUT2D eigenvalue weighted by molar-refractivity contribution is 7.17. The average molecular weight is 452 g/mol. The second kappa shape index (κ2) is 9.40. The minimum atomic E-state index is -0.353. The fourth-order valence-corrected chi connectivity index (χ4v) is 4.56. The summed E-state index contributed by atoms with van der Waals surface area (Å²) in [5, 5.41) is 7.48. The number of ether oxygens (including phenoxy) is 3. The molecule has 3 aromatic rings. The highest BCUT2D eigenvalue weighted by Gasteiger charge is 2.33. The molecule has 2 aromatic carbocycles. The fourth-order valence-electron chi connectivity index (χ4n) is 3.60. The van der Waals surface area contributed by atoms with Crippen LogP contribution in [0.5, 0.6) is 11.5 Å². The maximum Gasteiger partial charge on any atom is 0.350 e. The van der Waals surface area contributed by atoms with Crippen molar-refractivity contribution in [2.75, 3.05) is 25.8 Å². The van der Waals surface area contributed by atoms with E-state index in [9.17, 15) is 4.79 Å². The van der Waals surface area contributed by atoms with Crippen LogP contribution in [0.3, 0.4) is 0 Å². The van der Waals surface area contributed by atoms with E-state index in [0.29, 0.717) is 28.7 Å². The number of hydrazone groups is 1. The maximum absolute atomic E-state index is 12.3. The minimum Gasteiger partial charge on any atom is -0.497 e. The Labute approximate surface area is 191 Å². The second-order valence-corrected chi connectivity index (χ2v) is 8.22. The molecule has 0 spiro atoms. The van der Waals surface area contributed by atoms with Crippen LogP contribution in [0.25, 0.3) is 0 Å². The molecule has 1 aliphatic rings. The molecule has 0 amide bonds. The number of benzene rings is 2. The number of carbonyl (C=O) groups is 1. The summed E-state index contributed by atoms with van der Waals surface area (Å²) in [6, 6.07) is 15.8. The van der Waals surface area contributed by atoms with Crippen molar-refractivity contribution in [1.29, 1.82) is 0 Å². The molecule has 0 saturated heterocycles. The minimum absolute atomic E-state index is 0.0568. The summed E-state index contributed by atoms with van der Waals surface area (Å²) in [5.41, 5.74) is 3.69. The van der Waals surface area contributed by atoms with Crippen LogP contribution < -0.4 is 14.5 Å². The summed E-state index contributed by atoms with van der Waals surface area (Å²) in [6.07, 6.45) is 0.700. The Morgan fingerprint density at radius 2 is 1.69 bits per heavy atom. The van der Waals surface area contributed by atoms with Gasteiger partial charge in [-0.1, -0.05) is 23.5 Å². The number of hydrogen-bond acceptors (Lipinski definition) is 8. The van der Waals surface area contributed by atoms with E-state index in [1.54, 1.807) is 21.1 Å². The van der Waals surface area contributed by atoms with E-state index in [-0.39, 0.29) is 12.0 Å². The molecule has 0 unspecified atom stereocenters. The van der Waals surface area contributed by atoms with Crippen LogP contribution in [0.15, 0.2) is 53.6 Å². The monoisotopic (exact) mass is 451 g/mol. The molecule has 0 aliphatic carbocycles. The van der Waals surface area contributed by atoms with Gasteiger partial charge in [0.1, 0.15) is 16.4 Å². The van der Waals surface area contributed by atoms with Crippen molar-refractivity contribution in [1.82, 2.24) is 4.98 Å². The Kier molecular flexibility index (Phi) is 6.41. The lowest BCUT2D eigenvalue weighted by Gasteiger charge is -2.21. The molecule has 0 bridgehead atoms. The number of rotatable bonds is 7. The summed E-state index contributed by atoms with van der Waals surface area (Å²) < 4.78 is 15.8. The van der Waals surface area contributed by atoms with Crippen LogP contribution in [0, 0.1) is 6.92 Å². The van der Waals surface area contributed by atoms with Crippen LogP contribution in [-0.4, -0.2) is 37.5 Å². The number of carbonyl (C=O) groups excluding carboxylic acids is 1. The number of hydrogen-bond donors (Lipinski definition) is 0. The summed E-state index contributed by atoms with van der Waals surface area (Å²) in [6.45, 7) is 3.93. The Hall–Kier alpha value is -3.39. The third-order valence-corrected chi connectivity index (χ3v) is 6.40. The van der Waals surface area contributed by atoms with Gasteiger partial charge in [-0.2, -0.15) is 5.10 Å². The molecule has 1 aromatic heterocycles. The van der Waals surface area contributed by atoms with Gasteiger partial charge in [0.15, 0.2) is 0 Å². The summed E-state index contributed by atoms with van der Waals surface area (Å²) >= 11 is 1.30. The molecule has 2 heterocycles. The lowest BCUT2D eigenvalue weighted by atomic mass is 9.98.